The smallest absolute Gasteiger partial charge is 0.246 e. The molecule has 0 aliphatic carbocycles. The predicted molar refractivity (Wildman–Crippen MR) is 74.8 cm³/mol. The highest BCUT2D eigenvalue weighted by Gasteiger charge is 2.17. The third-order valence-corrected chi connectivity index (χ3v) is 3.13. The average Bonchev–Trinajstić information content (AvgIpc) is 2.49. The standard InChI is InChI=1S/C15H10ClFN2O/c16-14(10-4-2-1-3-5-10)15(20)19-12-6-7-13(17)11(8-12)9-18/h1-8,14H,(H,19,20). The van der Waals surface area contributed by atoms with Crippen LogP contribution in [0.4, 0.5) is 10.1 Å². The number of anilines is 1. The molecule has 0 radical (unpaired) electrons. The van der Waals surface area contributed by atoms with Gasteiger partial charge in [0.2, 0.25) is 5.91 Å². The van der Waals surface area contributed by atoms with Crippen molar-refractivity contribution >= 4 is 23.2 Å². The second-order valence-electron chi connectivity index (χ2n) is 4.07. The zero-order chi connectivity index (χ0) is 14.5. The highest BCUT2D eigenvalue weighted by molar-refractivity contribution is 6.32. The first-order valence-corrected chi connectivity index (χ1v) is 6.25. The number of halogens is 2. The Morgan fingerprint density at radius 3 is 2.60 bits per heavy atom. The molecule has 1 amide bonds. The van der Waals surface area contributed by atoms with E-state index in [1.54, 1.807) is 30.3 Å². The van der Waals surface area contributed by atoms with Crippen molar-refractivity contribution in [1.82, 2.24) is 0 Å². The van der Waals surface area contributed by atoms with Gasteiger partial charge in [-0.05, 0) is 23.8 Å². The molecule has 0 aromatic heterocycles. The van der Waals surface area contributed by atoms with Crippen molar-refractivity contribution in [2.45, 2.75) is 5.38 Å². The summed E-state index contributed by atoms with van der Waals surface area (Å²) < 4.78 is 13.2. The number of alkyl halides is 1. The Morgan fingerprint density at radius 2 is 1.95 bits per heavy atom. The maximum atomic E-state index is 13.2. The molecule has 100 valence electrons. The SMILES string of the molecule is N#Cc1cc(NC(=O)C(Cl)c2ccccc2)ccc1F. The van der Waals surface area contributed by atoms with Gasteiger partial charge in [0.15, 0.2) is 0 Å². The van der Waals surface area contributed by atoms with Crippen LogP contribution in [-0.2, 0) is 4.79 Å². The Hall–Kier alpha value is -2.38. The van der Waals surface area contributed by atoms with E-state index in [9.17, 15) is 9.18 Å². The van der Waals surface area contributed by atoms with Crippen LogP contribution in [0.5, 0.6) is 0 Å². The van der Waals surface area contributed by atoms with Crippen molar-refractivity contribution in [3.63, 3.8) is 0 Å². The lowest BCUT2D eigenvalue weighted by molar-refractivity contribution is -0.116. The molecule has 0 spiro atoms. The number of nitrogens with one attached hydrogen (secondary N) is 1. The van der Waals surface area contributed by atoms with Gasteiger partial charge in [0.1, 0.15) is 17.3 Å². The lowest BCUT2D eigenvalue weighted by Gasteiger charge is -2.11. The van der Waals surface area contributed by atoms with Crippen molar-refractivity contribution < 1.29 is 9.18 Å². The molecule has 1 atom stereocenters. The van der Waals surface area contributed by atoms with Crippen LogP contribution < -0.4 is 5.32 Å². The molecule has 0 fully saturated rings. The molecule has 0 bridgehead atoms. The van der Waals surface area contributed by atoms with E-state index in [4.69, 9.17) is 16.9 Å². The molecule has 5 heteroatoms. The van der Waals surface area contributed by atoms with Crippen LogP contribution in [0.15, 0.2) is 48.5 Å². The van der Waals surface area contributed by atoms with Crippen LogP contribution in [-0.4, -0.2) is 5.91 Å². The highest BCUT2D eigenvalue weighted by atomic mass is 35.5. The number of nitrogens with zero attached hydrogens (tertiary/aromatic N) is 1. The molecule has 3 nitrogen and oxygen atoms in total. The second kappa shape index (κ2) is 6.18. The Balaban J connectivity index is 2.14. The Labute approximate surface area is 120 Å². The summed E-state index contributed by atoms with van der Waals surface area (Å²) in [4.78, 5) is 12.0. The zero-order valence-corrected chi connectivity index (χ0v) is 11.1. The van der Waals surface area contributed by atoms with E-state index in [-0.39, 0.29) is 5.56 Å². The molecule has 1 unspecified atom stereocenters. The van der Waals surface area contributed by atoms with Crippen LogP contribution in [0.3, 0.4) is 0 Å². The molecule has 2 aromatic rings. The summed E-state index contributed by atoms with van der Waals surface area (Å²) in [6, 6.07) is 14.3. The molecule has 20 heavy (non-hydrogen) atoms. The van der Waals surface area contributed by atoms with Crippen LogP contribution in [0.2, 0.25) is 0 Å². The molecule has 2 aromatic carbocycles. The Kier molecular flexibility index (Phi) is 4.34. The summed E-state index contributed by atoms with van der Waals surface area (Å²) in [5, 5.41) is 10.4. The van der Waals surface area contributed by atoms with Gasteiger partial charge in [0.05, 0.1) is 5.56 Å². The largest absolute Gasteiger partial charge is 0.324 e. The number of carbonyl (C=O) groups is 1. The number of benzene rings is 2. The Morgan fingerprint density at radius 1 is 1.25 bits per heavy atom. The first-order chi connectivity index (χ1) is 9.61. The van der Waals surface area contributed by atoms with Crippen molar-refractivity contribution in [2.24, 2.45) is 0 Å². The third kappa shape index (κ3) is 3.14. The molecule has 0 saturated carbocycles. The fourth-order valence-corrected chi connectivity index (χ4v) is 1.87. The van der Waals surface area contributed by atoms with E-state index in [1.165, 1.54) is 12.1 Å². The van der Waals surface area contributed by atoms with Gasteiger partial charge in [-0.2, -0.15) is 5.26 Å². The first-order valence-electron chi connectivity index (χ1n) is 5.81. The van der Waals surface area contributed by atoms with Crippen molar-refractivity contribution in [3.05, 3.63) is 65.5 Å². The lowest BCUT2D eigenvalue weighted by atomic mass is 10.1. The van der Waals surface area contributed by atoms with Crippen LogP contribution in [0, 0.1) is 17.1 Å². The number of amides is 1. The van der Waals surface area contributed by atoms with Gasteiger partial charge in [-0.3, -0.25) is 4.79 Å². The van der Waals surface area contributed by atoms with Crippen LogP contribution in [0.1, 0.15) is 16.5 Å². The molecule has 2 rings (SSSR count). The maximum absolute atomic E-state index is 13.2. The molecule has 0 aliphatic rings. The zero-order valence-electron chi connectivity index (χ0n) is 10.3. The molecule has 0 aliphatic heterocycles. The van der Waals surface area contributed by atoms with Gasteiger partial charge in [-0.15, -0.1) is 11.6 Å². The molecular weight excluding hydrogens is 279 g/mol. The number of rotatable bonds is 3. The topological polar surface area (TPSA) is 52.9 Å². The lowest BCUT2D eigenvalue weighted by Crippen LogP contribution is -2.17. The van der Waals surface area contributed by atoms with E-state index in [0.717, 1.165) is 6.07 Å². The summed E-state index contributed by atoms with van der Waals surface area (Å²) in [7, 11) is 0. The van der Waals surface area contributed by atoms with Gasteiger partial charge in [-0.1, -0.05) is 30.3 Å². The van der Waals surface area contributed by atoms with Crippen molar-refractivity contribution in [1.29, 1.82) is 5.26 Å². The van der Waals surface area contributed by atoms with Gasteiger partial charge >= 0.3 is 0 Å². The monoisotopic (exact) mass is 288 g/mol. The maximum Gasteiger partial charge on any atom is 0.246 e. The van der Waals surface area contributed by atoms with E-state index in [1.807, 2.05) is 6.07 Å². The minimum Gasteiger partial charge on any atom is -0.324 e. The summed E-state index contributed by atoms with van der Waals surface area (Å²) >= 11 is 6.06. The summed E-state index contributed by atoms with van der Waals surface area (Å²) in [6.07, 6.45) is 0. The Bertz CT molecular complexity index is 667. The van der Waals surface area contributed by atoms with Gasteiger partial charge < -0.3 is 5.32 Å². The third-order valence-electron chi connectivity index (χ3n) is 2.68. The molecular formula is C15H10ClFN2O. The van der Waals surface area contributed by atoms with Gasteiger partial charge in [0, 0.05) is 5.69 Å². The average molecular weight is 289 g/mol. The van der Waals surface area contributed by atoms with Gasteiger partial charge in [-0.25, -0.2) is 4.39 Å². The molecule has 0 saturated heterocycles. The second-order valence-corrected chi connectivity index (χ2v) is 4.51. The summed E-state index contributed by atoms with van der Waals surface area (Å²) in [5.41, 5.74) is 0.859. The molecule has 1 N–H and O–H groups in total. The van der Waals surface area contributed by atoms with Crippen molar-refractivity contribution in [3.8, 4) is 6.07 Å². The number of hydrogen-bond donors (Lipinski definition) is 1. The fraction of sp³-hybridized carbons (Fsp3) is 0.0667. The summed E-state index contributed by atoms with van der Waals surface area (Å²) in [5.74, 6) is -1.07. The highest BCUT2D eigenvalue weighted by Crippen LogP contribution is 2.22. The first kappa shape index (κ1) is 14.0. The number of nitriles is 1. The predicted octanol–water partition coefficient (Wildman–Crippen LogP) is 3.62. The normalized spacial score (nSPS) is 11.4. The van der Waals surface area contributed by atoms with E-state index in [2.05, 4.69) is 5.32 Å². The minimum absolute atomic E-state index is 0.131. The number of carbonyl (C=O) groups excluding carboxylic acids is 1. The number of hydrogen-bond acceptors (Lipinski definition) is 2. The van der Waals surface area contributed by atoms with Gasteiger partial charge in [0.25, 0.3) is 0 Å². The van der Waals surface area contributed by atoms with E-state index >= 15 is 0 Å². The quantitative estimate of drug-likeness (QED) is 0.877. The minimum atomic E-state index is -0.855. The van der Waals surface area contributed by atoms with Crippen LogP contribution >= 0.6 is 11.6 Å². The van der Waals surface area contributed by atoms with Crippen LogP contribution in [0.25, 0.3) is 0 Å². The molecule has 0 heterocycles. The summed E-state index contributed by atoms with van der Waals surface area (Å²) in [6.45, 7) is 0. The van der Waals surface area contributed by atoms with E-state index < -0.39 is 17.1 Å². The fourth-order valence-electron chi connectivity index (χ4n) is 1.67. The van der Waals surface area contributed by atoms with E-state index in [0.29, 0.717) is 11.3 Å². The van der Waals surface area contributed by atoms with Crippen molar-refractivity contribution in [2.75, 3.05) is 5.32 Å².